The summed E-state index contributed by atoms with van der Waals surface area (Å²) in [4.78, 5) is 12.0. The van der Waals surface area contributed by atoms with Crippen LogP contribution in [0.15, 0.2) is 36.4 Å². The van der Waals surface area contributed by atoms with Crippen molar-refractivity contribution < 1.29 is 4.79 Å². The number of ketones is 1. The van der Waals surface area contributed by atoms with Gasteiger partial charge < -0.3 is 0 Å². The summed E-state index contributed by atoms with van der Waals surface area (Å²) < 4.78 is 1.61. The third-order valence-corrected chi connectivity index (χ3v) is 2.86. The summed E-state index contributed by atoms with van der Waals surface area (Å²) >= 11 is 0. The number of hydrogen-bond donors (Lipinski definition) is 0. The molecule has 2 aromatic rings. The summed E-state index contributed by atoms with van der Waals surface area (Å²) in [7, 11) is 1.78. The minimum Gasteiger partial charge on any atom is -0.288 e. The summed E-state index contributed by atoms with van der Waals surface area (Å²) in [6.07, 6.45) is 3.44. The highest BCUT2D eigenvalue weighted by atomic mass is 16.1. The van der Waals surface area contributed by atoms with E-state index in [0.717, 1.165) is 16.8 Å². The molecule has 0 aliphatic heterocycles. The highest BCUT2D eigenvalue weighted by molar-refractivity contribution is 6.05. The van der Waals surface area contributed by atoms with Crippen LogP contribution in [-0.4, -0.2) is 15.6 Å². The van der Waals surface area contributed by atoms with Gasteiger partial charge in [-0.3, -0.25) is 9.48 Å². The van der Waals surface area contributed by atoms with E-state index >= 15 is 0 Å². The van der Waals surface area contributed by atoms with Crippen LogP contribution in [0, 0.1) is 13.8 Å². The lowest BCUT2D eigenvalue weighted by Gasteiger charge is -1.99. The summed E-state index contributed by atoms with van der Waals surface area (Å²) in [5.41, 5.74) is 3.68. The standard InChI is InChI=1S/C15H16N2O/c1-11-6-4-5-7-13(11)8-9-15(18)14-10-12(2)16-17(14)3/h4-10H,1-3H3/b9-8+. The van der Waals surface area contributed by atoms with Crippen LogP contribution < -0.4 is 0 Å². The molecule has 0 radical (unpaired) electrons. The molecule has 0 aliphatic rings. The normalized spacial score (nSPS) is 11.1. The maximum absolute atomic E-state index is 12.0. The number of aromatic nitrogens is 2. The number of benzene rings is 1. The maximum atomic E-state index is 12.0. The Hall–Kier alpha value is -2.16. The highest BCUT2D eigenvalue weighted by Crippen LogP contribution is 2.10. The van der Waals surface area contributed by atoms with Gasteiger partial charge in [-0.1, -0.05) is 30.3 Å². The number of carbonyl (C=O) groups excluding carboxylic acids is 1. The molecule has 0 amide bonds. The fourth-order valence-corrected chi connectivity index (χ4v) is 1.87. The number of rotatable bonds is 3. The van der Waals surface area contributed by atoms with Gasteiger partial charge in [0.15, 0.2) is 0 Å². The molecule has 18 heavy (non-hydrogen) atoms. The first kappa shape index (κ1) is 12.3. The van der Waals surface area contributed by atoms with Crippen molar-refractivity contribution in [2.45, 2.75) is 13.8 Å². The lowest BCUT2D eigenvalue weighted by Crippen LogP contribution is -2.03. The Kier molecular flexibility index (Phi) is 3.42. The van der Waals surface area contributed by atoms with E-state index in [4.69, 9.17) is 0 Å². The van der Waals surface area contributed by atoms with Crippen molar-refractivity contribution in [2.24, 2.45) is 7.05 Å². The third-order valence-electron chi connectivity index (χ3n) is 2.86. The number of carbonyl (C=O) groups is 1. The van der Waals surface area contributed by atoms with Gasteiger partial charge in [0.05, 0.1) is 5.69 Å². The van der Waals surface area contributed by atoms with Gasteiger partial charge in [0, 0.05) is 7.05 Å². The second-order valence-electron chi connectivity index (χ2n) is 4.35. The fraction of sp³-hybridized carbons (Fsp3) is 0.200. The predicted octanol–water partition coefficient (Wildman–Crippen LogP) is 2.93. The van der Waals surface area contributed by atoms with Crippen molar-refractivity contribution in [1.82, 2.24) is 9.78 Å². The molecule has 2 rings (SSSR count). The van der Waals surface area contributed by atoms with E-state index in [1.54, 1.807) is 23.9 Å². The molecule has 3 heteroatoms. The molecular weight excluding hydrogens is 224 g/mol. The third kappa shape index (κ3) is 2.56. The lowest BCUT2D eigenvalue weighted by atomic mass is 10.1. The molecule has 0 aliphatic carbocycles. The van der Waals surface area contributed by atoms with Crippen molar-refractivity contribution >= 4 is 11.9 Å². The van der Waals surface area contributed by atoms with Crippen molar-refractivity contribution in [1.29, 1.82) is 0 Å². The van der Waals surface area contributed by atoms with Crippen molar-refractivity contribution in [3.05, 3.63) is 58.9 Å². The lowest BCUT2D eigenvalue weighted by molar-refractivity contribution is 0.103. The van der Waals surface area contributed by atoms with E-state index in [1.165, 1.54) is 0 Å². The minimum absolute atomic E-state index is 0.0265. The van der Waals surface area contributed by atoms with Crippen molar-refractivity contribution in [3.63, 3.8) is 0 Å². The Morgan fingerprint density at radius 2 is 2.00 bits per heavy atom. The van der Waals surface area contributed by atoms with Crippen LogP contribution in [0.2, 0.25) is 0 Å². The average molecular weight is 240 g/mol. The van der Waals surface area contributed by atoms with Gasteiger partial charge in [-0.2, -0.15) is 5.10 Å². The summed E-state index contributed by atoms with van der Waals surface area (Å²) in [5.74, 6) is -0.0265. The monoisotopic (exact) mass is 240 g/mol. The largest absolute Gasteiger partial charge is 0.288 e. The van der Waals surface area contributed by atoms with Gasteiger partial charge in [0.1, 0.15) is 5.69 Å². The Labute approximate surface area is 107 Å². The van der Waals surface area contributed by atoms with E-state index in [-0.39, 0.29) is 5.78 Å². The Bertz CT molecular complexity index is 609. The van der Waals surface area contributed by atoms with Gasteiger partial charge in [0.25, 0.3) is 0 Å². The van der Waals surface area contributed by atoms with Gasteiger partial charge in [-0.25, -0.2) is 0 Å². The van der Waals surface area contributed by atoms with Crippen LogP contribution in [0.5, 0.6) is 0 Å². The van der Waals surface area contributed by atoms with Crippen LogP contribution in [0.1, 0.15) is 27.3 Å². The number of hydrogen-bond acceptors (Lipinski definition) is 2. The van der Waals surface area contributed by atoms with Gasteiger partial charge in [0.2, 0.25) is 5.78 Å². The summed E-state index contributed by atoms with van der Waals surface area (Å²) in [5, 5.41) is 4.17. The quantitative estimate of drug-likeness (QED) is 0.610. The molecule has 0 bridgehead atoms. The van der Waals surface area contributed by atoms with E-state index in [9.17, 15) is 4.79 Å². The minimum atomic E-state index is -0.0265. The van der Waals surface area contributed by atoms with Crippen LogP contribution in [0.3, 0.4) is 0 Å². The SMILES string of the molecule is Cc1cc(C(=O)/C=C/c2ccccc2C)n(C)n1. The van der Waals surface area contributed by atoms with E-state index < -0.39 is 0 Å². The molecule has 0 unspecified atom stereocenters. The van der Waals surface area contributed by atoms with Gasteiger partial charge >= 0.3 is 0 Å². The van der Waals surface area contributed by atoms with E-state index in [1.807, 2.05) is 44.2 Å². The Balaban J connectivity index is 2.22. The zero-order valence-electron chi connectivity index (χ0n) is 10.8. The molecular formula is C15H16N2O. The number of allylic oxidation sites excluding steroid dienone is 1. The van der Waals surface area contributed by atoms with E-state index in [2.05, 4.69) is 5.10 Å². The summed E-state index contributed by atoms with van der Waals surface area (Å²) in [6.45, 7) is 3.90. The van der Waals surface area contributed by atoms with Crippen LogP contribution >= 0.6 is 0 Å². The van der Waals surface area contributed by atoms with Crippen LogP contribution in [-0.2, 0) is 7.05 Å². The average Bonchev–Trinajstić information content (AvgIpc) is 2.67. The first-order valence-corrected chi connectivity index (χ1v) is 5.86. The van der Waals surface area contributed by atoms with Crippen LogP contribution in [0.4, 0.5) is 0 Å². The molecule has 92 valence electrons. The van der Waals surface area contributed by atoms with Gasteiger partial charge in [-0.05, 0) is 37.1 Å². The second-order valence-corrected chi connectivity index (χ2v) is 4.35. The zero-order valence-corrected chi connectivity index (χ0v) is 10.8. The van der Waals surface area contributed by atoms with Crippen molar-refractivity contribution in [3.8, 4) is 0 Å². The molecule has 1 heterocycles. The highest BCUT2D eigenvalue weighted by Gasteiger charge is 2.08. The summed E-state index contributed by atoms with van der Waals surface area (Å²) in [6, 6.07) is 9.76. The molecule has 1 aromatic heterocycles. The molecule has 0 fully saturated rings. The van der Waals surface area contributed by atoms with Gasteiger partial charge in [-0.15, -0.1) is 0 Å². The van der Waals surface area contributed by atoms with Crippen LogP contribution in [0.25, 0.3) is 6.08 Å². The topological polar surface area (TPSA) is 34.9 Å². The molecule has 0 N–H and O–H groups in total. The zero-order chi connectivity index (χ0) is 13.1. The van der Waals surface area contributed by atoms with Crippen molar-refractivity contribution in [2.75, 3.05) is 0 Å². The maximum Gasteiger partial charge on any atom is 0.203 e. The number of aryl methyl sites for hydroxylation is 3. The number of nitrogens with zero attached hydrogens (tertiary/aromatic N) is 2. The fourth-order valence-electron chi connectivity index (χ4n) is 1.87. The predicted molar refractivity (Wildman–Crippen MR) is 72.5 cm³/mol. The first-order chi connectivity index (χ1) is 8.58. The molecule has 3 nitrogen and oxygen atoms in total. The van der Waals surface area contributed by atoms with E-state index in [0.29, 0.717) is 5.69 Å². The molecule has 0 saturated heterocycles. The molecule has 0 atom stereocenters. The Morgan fingerprint density at radius 1 is 1.28 bits per heavy atom. The second kappa shape index (κ2) is 5.00. The molecule has 0 saturated carbocycles. The molecule has 0 spiro atoms. The smallest absolute Gasteiger partial charge is 0.203 e. The Morgan fingerprint density at radius 3 is 2.61 bits per heavy atom. The molecule has 1 aromatic carbocycles. The first-order valence-electron chi connectivity index (χ1n) is 5.86.